The predicted octanol–water partition coefficient (Wildman–Crippen LogP) is 4.35. The number of hydrogen-bond donors (Lipinski definition) is 2. The van der Waals surface area contributed by atoms with Gasteiger partial charge in [0.2, 0.25) is 0 Å². The molecule has 0 saturated heterocycles. The van der Waals surface area contributed by atoms with Crippen LogP contribution < -0.4 is 20.3 Å². The molecule has 0 aliphatic heterocycles. The van der Waals surface area contributed by atoms with E-state index in [0.29, 0.717) is 5.11 Å². The van der Waals surface area contributed by atoms with E-state index >= 15 is 0 Å². The second kappa shape index (κ2) is 8.39. The molecule has 2 aromatic carbocycles. The van der Waals surface area contributed by atoms with Crippen LogP contribution in [0, 0.1) is 0 Å². The van der Waals surface area contributed by atoms with Gasteiger partial charge in [0.25, 0.3) is 0 Å². The molecular weight excluding hydrogens is 306 g/mol. The highest BCUT2D eigenvalue weighted by Crippen LogP contribution is 2.19. The Morgan fingerprint density at radius 1 is 1.00 bits per heavy atom. The van der Waals surface area contributed by atoms with Gasteiger partial charge in [-0.15, -0.1) is 0 Å². The van der Waals surface area contributed by atoms with Gasteiger partial charge in [-0.25, -0.2) is 0 Å². The molecule has 0 aliphatic carbocycles. The van der Waals surface area contributed by atoms with Crippen LogP contribution in [-0.2, 0) is 0 Å². The molecule has 0 atom stereocenters. The van der Waals surface area contributed by atoms with E-state index in [-0.39, 0.29) is 0 Å². The first-order valence-electron chi connectivity index (χ1n) is 7.73. The SMILES string of the molecule is CCN(CC)c1ccc(NC(=S)Nc2cccc(OC)c2)cc1. The minimum atomic E-state index is 0.550. The fraction of sp³-hybridized carbons (Fsp3) is 0.278. The molecule has 2 N–H and O–H groups in total. The van der Waals surface area contributed by atoms with Crippen molar-refractivity contribution in [1.82, 2.24) is 0 Å². The zero-order chi connectivity index (χ0) is 16.7. The summed E-state index contributed by atoms with van der Waals surface area (Å²) in [6, 6.07) is 15.9. The number of nitrogens with one attached hydrogen (secondary N) is 2. The van der Waals surface area contributed by atoms with Crippen molar-refractivity contribution in [1.29, 1.82) is 0 Å². The lowest BCUT2D eigenvalue weighted by molar-refractivity contribution is 0.415. The highest BCUT2D eigenvalue weighted by atomic mass is 32.1. The summed E-state index contributed by atoms with van der Waals surface area (Å²) in [5, 5.41) is 6.90. The van der Waals surface area contributed by atoms with Crippen LogP contribution in [0.25, 0.3) is 0 Å². The van der Waals surface area contributed by atoms with Gasteiger partial charge in [-0.05, 0) is 62.5 Å². The molecule has 0 bridgehead atoms. The molecule has 0 radical (unpaired) electrons. The summed E-state index contributed by atoms with van der Waals surface area (Å²) >= 11 is 5.35. The van der Waals surface area contributed by atoms with E-state index in [0.717, 1.165) is 30.2 Å². The maximum Gasteiger partial charge on any atom is 0.175 e. The standard InChI is InChI=1S/C18H23N3OS/c1-4-21(5-2)16-11-9-14(10-12-16)19-18(23)20-15-7-6-8-17(13-15)22-3/h6-13H,4-5H2,1-3H3,(H2,19,20,23). The average molecular weight is 329 g/mol. The monoisotopic (exact) mass is 329 g/mol. The van der Waals surface area contributed by atoms with Crippen LogP contribution in [0.1, 0.15) is 13.8 Å². The van der Waals surface area contributed by atoms with Crippen LogP contribution in [0.4, 0.5) is 17.1 Å². The number of nitrogens with zero attached hydrogens (tertiary/aromatic N) is 1. The van der Waals surface area contributed by atoms with Crippen molar-refractivity contribution in [3.63, 3.8) is 0 Å². The zero-order valence-corrected chi connectivity index (χ0v) is 14.6. The number of thiocarbonyl (C=S) groups is 1. The maximum atomic E-state index is 5.35. The number of methoxy groups -OCH3 is 1. The molecule has 0 amide bonds. The van der Waals surface area contributed by atoms with Crippen molar-refractivity contribution < 1.29 is 4.74 Å². The summed E-state index contributed by atoms with van der Waals surface area (Å²) in [4.78, 5) is 2.30. The van der Waals surface area contributed by atoms with E-state index in [9.17, 15) is 0 Å². The molecule has 0 aromatic heterocycles. The Morgan fingerprint density at radius 2 is 1.65 bits per heavy atom. The molecule has 0 aliphatic rings. The summed E-state index contributed by atoms with van der Waals surface area (Å²) in [5.74, 6) is 0.793. The topological polar surface area (TPSA) is 36.5 Å². The normalized spacial score (nSPS) is 10.0. The molecule has 0 spiro atoms. The molecule has 2 rings (SSSR count). The third-order valence-electron chi connectivity index (χ3n) is 3.58. The van der Waals surface area contributed by atoms with Gasteiger partial charge in [0.1, 0.15) is 5.75 Å². The van der Waals surface area contributed by atoms with Crippen LogP contribution >= 0.6 is 12.2 Å². The van der Waals surface area contributed by atoms with E-state index in [4.69, 9.17) is 17.0 Å². The fourth-order valence-electron chi connectivity index (χ4n) is 2.34. The number of hydrogen-bond acceptors (Lipinski definition) is 3. The van der Waals surface area contributed by atoms with Gasteiger partial charge in [0.05, 0.1) is 7.11 Å². The number of benzene rings is 2. The van der Waals surface area contributed by atoms with Crippen molar-refractivity contribution in [3.8, 4) is 5.75 Å². The van der Waals surface area contributed by atoms with Gasteiger partial charge in [0, 0.05) is 36.2 Å². The molecule has 2 aromatic rings. The largest absolute Gasteiger partial charge is 0.497 e. The second-order valence-electron chi connectivity index (χ2n) is 5.03. The van der Waals surface area contributed by atoms with E-state index in [1.54, 1.807) is 7.11 Å². The van der Waals surface area contributed by atoms with Crippen molar-refractivity contribution >= 4 is 34.4 Å². The van der Waals surface area contributed by atoms with E-state index in [1.807, 2.05) is 36.4 Å². The van der Waals surface area contributed by atoms with Gasteiger partial charge in [-0.1, -0.05) is 6.07 Å². The van der Waals surface area contributed by atoms with Crippen molar-refractivity contribution in [2.75, 3.05) is 35.7 Å². The number of rotatable bonds is 6. The minimum Gasteiger partial charge on any atom is -0.497 e. The first-order valence-corrected chi connectivity index (χ1v) is 8.14. The molecule has 0 unspecified atom stereocenters. The summed E-state index contributed by atoms with van der Waals surface area (Å²) in [6.07, 6.45) is 0. The molecule has 0 fully saturated rings. The smallest absolute Gasteiger partial charge is 0.175 e. The molecule has 5 heteroatoms. The minimum absolute atomic E-state index is 0.550. The van der Waals surface area contributed by atoms with E-state index in [2.05, 4.69) is 41.5 Å². The number of ether oxygens (including phenoxy) is 1. The lowest BCUT2D eigenvalue weighted by atomic mass is 10.2. The average Bonchev–Trinajstić information content (AvgIpc) is 2.57. The van der Waals surface area contributed by atoms with Gasteiger partial charge in [0.15, 0.2) is 5.11 Å². The van der Waals surface area contributed by atoms with Crippen LogP contribution in [0.5, 0.6) is 5.75 Å². The quantitative estimate of drug-likeness (QED) is 0.771. The Kier molecular flexibility index (Phi) is 6.23. The maximum absolute atomic E-state index is 5.35. The van der Waals surface area contributed by atoms with Crippen LogP contribution in [-0.4, -0.2) is 25.3 Å². The molecule has 4 nitrogen and oxygen atoms in total. The summed E-state index contributed by atoms with van der Waals surface area (Å²) in [5.41, 5.74) is 3.06. The Hall–Kier alpha value is -2.27. The highest BCUT2D eigenvalue weighted by molar-refractivity contribution is 7.80. The highest BCUT2D eigenvalue weighted by Gasteiger charge is 2.03. The summed E-state index contributed by atoms with van der Waals surface area (Å²) in [7, 11) is 1.65. The molecule has 0 heterocycles. The zero-order valence-electron chi connectivity index (χ0n) is 13.8. The van der Waals surface area contributed by atoms with E-state index in [1.165, 1.54) is 5.69 Å². The lowest BCUT2D eigenvalue weighted by Crippen LogP contribution is -2.22. The van der Waals surface area contributed by atoms with Crippen LogP contribution in [0.2, 0.25) is 0 Å². The Labute approximate surface area is 143 Å². The molecular formula is C18H23N3OS. The van der Waals surface area contributed by atoms with Crippen LogP contribution in [0.3, 0.4) is 0 Å². The molecule has 0 saturated carbocycles. The Balaban J connectivity index is 1.97. The van der Waals surface area contributed by atoms with Gasteiger partial charge in [-0.3, -0.25) is 0 Å². The van der Waals surface area contributed by atoms with E-state index < -0.39 is 0 Å². The van der Waals surface area contributed by atoms with Crippen LogP contribution in [0.15, 0.2) is 48.5 Å². The second-order valence-corrected chi connectivity index (χ2v) is 5.44. The Bertz CT molecular complexity index is 639. The van der Waals surface area contributed by atoms with Gasteiger partial charge >= 0.3 is 0 Å². The predicted molar refractivity (Wildman–Crippen MR) is 103 cm³/mol. The summed E-state index contributed by atoms with van der Waals surface area (Å²) in [6.45, 7) is 6.31. The van der Waals surface area contributed by atoms with Crippen molar-refractivity contribution in [2.45, 2.75) is 13.8 Å². The molecule has 23 heavy (non-hydrogen) atoms. The van der Waals surface area contributed by atoms with Crippen molar-refractivity contribution in [2.24, 2.45) is 0 Å². The molecule has 122 valence electrons. The first-order chi connectivity index (χ1) is 11.2. The fourth-order valence-corrected chi connectivity index (χ4v) is 2.57. The third-order valence-corrected chi connectivity index (χ3v) is 3.79. The number of anilines is 3. The Morgan fingerprint density at radius 3 is 2.26 bits per heavy atom. The first kappa shape index (κ1) is 17.1. The summed E-state index contributed by atoms with van der Waals surface area (Å²) < 4.78 is 5.20. The third kappa shape index (κ3) is 4.86. The van der Waals surface area contributed by atoms with Crippen molar-refractivity contribution in [3.05, 3.63) is 48.5 Å². The lowest BCUT2D eigenvalue weighted by Gasteiger charge is -2.21. The van der Waals surface area contributed by atoms with Gasteiger partial charge in [-0.2, -0.15) is 0 Å². The van der Waals surface area contributed by atoms with Gasteiger partial charge < -0.3 is 20.3 Å².